The van der Waals surface area contributed by atoms with Crippen LogP contribution in [0.5, 0.6) is 0 Å². The zero-order valence-corrected chi connectivity index (χ0v) is 14.0. The van der Waals surface area contributed by atoms with Crippen LogP contribution in [-0.4, -0.2) is 34.5 Å². The van der Waals surface area contributed by atoms with E-state index in [0.29, 0.717) is 17.6 Å². The number of hydrogen-bond donors (Lipinski definition) is 1. The molecule has 0 radical (unpaired) electrons. The Kier molecular flexibility index (Phi) is 4.61. The number of pyridine rings is 2. The Morgan fingerprint density at radius 3 is 2.88 bits per heavy atom. The normalized spacial score (nSPS) is 16.8. The maximum absolute atomic E-state index is 13.4. The van der Waals surface area contributed by atoms with Gasteiger partial charge in [-0.3, -0.25) is 9.88 Å². The summed E-state index contributed by atoms with van der Waals surface area (Å²) in [4.78, 5) is 10.9. The standard InChI is InChI=1S/C19H21FN4O/c20-14-11-16-19(23-12-14)15(6-7-21-16)22-13-17(18-5-4-10-25-18)24-8-2-1-3-9-24/h4-7,10-12,17H,1-3,8-9,13H2,(H,21,22). The number of piperidine rings is 1. The first kappa shape index (κ1) is 16.0. The Balaban J connectivity index is 1.57. The Morgan fingerprint density at radius 2 is 2.08 bits per heavy atom. The lowest BCUT2D eigenvalue weighted by Gasteiger charge is -2.33. The fraction of sp³-hybridized carbons (Fsp3) is 0.368. The molecule has 1 unspecified atom stereocenters. The van der Waals surface area contributed by atoms with Crippen LogP contribution in [0.2, 0.25) is 0 Å². The molecule has 1 aliphatic rings. The van der Waals surface area contributed by atoms with Crippen molar-refractivity contribution in [1.82, 2.24) is 14.9 Å². The van der Waals surface area contributed by atoms with E-state index in [4.69, 9.17) is 4.42 Å². The molecule has 0 saturated carbocycles. The van der Waals surface area contributed by atoms with Crippen LogP contribution in [0.1, 0.15) is 31.1 Å². The molecule has 0 aromatic carbocycles. The SMILES string of the molecule is Fc1cnc2c(NCC(c3ccco3)N3CCCCC3)ccnc2c1. The molecule has 1 fully saturated rings. The number of fused-ring (bicyclic) bond motifs is 1. The summed E-state index contributed by atoms with van der Waals surface area (Å²) in [5, 5.41) is 3.47. The minimum Gasteiger partial charge on any atom is -0.468 e. The van der Waals surface area contributed by atoms with Crippen molar-refractivity contribution in [1.29, 1.82) is 0 Å². The highest BCUT2D eigenvalue weighted by Crippen LogP contribution is 2.27. The second-order valence-electron chi connectivity index (χ2n) is 6.39. The maximum atomic E-state index is 13.4. The topological polar surface area (TPSA) is 54.2 Å². The molecule has 0 bridgehead atoms. The number of nitrogens with zero attached hydrogens (tertiary/aromatic N) is 3. The summed E-state index contributed by atoms with van der Waals surface area (Å²) in [6, 6.07) is 7.40. The molecule has 0 amide bonds. The van der Waals surface area contributed by atoms with Crippen LogP contribution in [0.25, 0.3) is 11.0 Å². The van der Waals surface area contributed by atoms with Crippen LogP contribution in [-0.2, 0) is 0 Å². The van der Waals surface area contributed by atoms with E-state index in [0.717, 1.165) is 24.5 Å². The molecule has 130 valence electrons. The summed E-state index contributed by atoms with van der Waals surface area (Å²) in [7, 11) is 0. The number of aromatic nitrogens is 2. The number of hydrogen-bond acceptors (Lipinski definition) is 5. The lowest BCUT2D eigenvalue weighted by molar-refractivity contribution is 0.153. The molecule has 1 N–H and O–H groups in total. The predicted molar refractivity (Wildman–Crippen MR) is 94.9 cm³/mol. The molecule has 1 saturated heterocycles. The van der Waals surface area contributed by atoms with Gasteiger partial charge in [0.1, 0.15) is 17.1 Å². The minimum atomic E-state index is -0.376. The van der Waals surface area contributed by atoms with Gasteiger partial charge in [0.15, 0.2) is 0 Å². The van der Waals surface area contributed by atoms with Crippen LogP contribution < -0.4 is 5.32 Å². The van der Waals surface area contributed by atoms with E-state index < -0.39 is 0 Å². The number of furan rings is 1. The fourth-order valence-corrected chi connectivity index (χ4v) is 3.48. The maximum Gasteiger partial charge on any atom is 0.143 e. The molecule has 5 nitrogen and oxygen atoms in total. The highest BCUT2D eigenvalue weighted by atomic mass is 19.1. The van der Waals surface area contributed by atoms with Crippen LogP contribution in [0.4, 0.5) is 10.1 Å². The zero-order valence-electron chi connectivity index (χ0n) is 14.0. The lowest BCUT2D eigenvalue weighted by atomic mass is 10.1. The first-order chi connectivity index (χ1) is 12.3. The number of nitrogens with one attached hydrogen (secondary N) is 1. The Bertz CT molecular complexity index is 831. The molecule has 0 aliphatic carbocycles. The van der Waals surface area contributed by atoms with E-state index in [1.54, 1.807) is 12.5 Å². The van der Waals surface area contributed by atoms with Crippen molar-refractivity contribution < 1.29 is 8.81 Å². The van der Waals surface area contributed by atoms with Crippen LogP contribution in [0, 0.1) is 5.82 Å². The van der Waals surface area contributed by atoms with Gasteiger partial charge in [-0.1, -0.05) is 6.42 Å². The lowest BCUT2D eigenvalue weighted by Crippen LogP contribution is -2.37. The van der Waals surface area contributed by atoms with Gasteiger partial charge in [0.2, 0.25) is 0 Å². The third-order valence-electron chi connectivity index (χ3n) is 4.73. The highest BCUT2D eigenvalue weighted by Gasteiger charge is 2.24. The van der Waals surface area contributed by atoms with E-state index in [2.05, 4.69) is 20.2 Å². The van der Waals surface area contributed by atoms with Crippen LogP contribution in [0.3, 0.4) is 0 Å². The first-order valence-corrected chi connectivity index (χ1v) is 8.73. The molecule has 1 atom stereocenters. The molecule has 4 heterocycles. The van der Waals surface area contributed by atoms with Crippen molar-refractivity contribution in [2.24, 2.45) is 0 Å². The summed E-state index contributed by atoms with van der Waals surface area (Å²) in [5.74, 6) is 0.589. The first-order valence-electron chi connectivity index (χ1n) is 8.73. The summed E-state index contributed by atoms with van der Waals surface area (Å²) in [5.41, 5.74) is 2.09. The van der Waals surface area contributed by atoms with Crippen molar-refractivity contribution >= 4 is 16.7 Å². The van der Waals surface area contributed by atoms with E-state index in [1.807, 2.05) is 18.2 Å². The second-order valence-corrected chi connectivity index (χ2v) is 6.39. The molecule has 3 aromatic rings. The number of anilines is 1. The van der Waals surface area contributed by atoms with Crippen molar-refractivity contribution in [3.8, 4) is 0 Å². The quantitative estimate of drug-likeness (QED) is 0.761. The van der Waals surface area contributed by atoms with E-state index in [-0.39, 0.29) is 11.9 Å². The summed E-state index contributed by atoms with van der Waals surface area (Å²) in [6.45, 7) is 2.85. The average Bonchev–Trinajstić information content (AvgIpc) is 3.17. The van der Waals surface area contributed by atoms with Gasteiger partial charge < -0.3 is 9.73 Å². The van der Waals surface area contributed by atoms with E-state index >= 15 is 0 Å². The molecular formula is C19H21FN4O. The van der Waals surface area contributed by atoms with Crippen molar-refractivity contribution in [2.45, 2.75) is 25.3 Å². The predicted octanol–water partition coefficient (Wildman–Crippen LogP) is 4.00. The third-order valence-corrected chi connectivity index (χ3v) is 4.73. The van der Waals surface area contributed by atoms with Gasteiger partial charge in [-0.05, 0) is 44.1 Å². The summed E-state index contributed by atoms with van der Waals surface area (Å²) >= 11 is 0. The van der Waals surface area contributed by atoms with Gasteiger partial charge in [-0.25, -0.2) is 9.37 Å². The van der Waals surface area contributed by atoms with Crippen molar-refractivity contribution in [3.05, 3.63) is 54.5 Å². The molecule has 4 rings (SSSR count). The number of rotatable bonds is 5. The smallest absolute Gasteiger partial charge is 0.143 e. The molecule has 0 spiro atoms. The molecule has 3 aromatic heterocycles. The number of halogens is 1. The van der Waals surface area contributed by atoms with Crippen molar-refractivity contribution in [2.75, 3.05) is 25.0 Å². The van der Waals surface area contributed by atoms with Gasteiger partial charge in [0, 0.05) is 18.8 Å². The second kappa shape index (κ2) is 7.19. The van der Waals surface area contributed by atoms with Crippen molar-refractivity contribution in [3.63, 3.8) is 0 Å². The zero-order chi connectivity index (χ0) is 17.1. The highest BCUT2D eigenvalue weighted by molar-refractivity contribution is 5.86. The molecule has 1 aliphatic heterocycles. The van der Waals surface area contributed by atoms with E-state index in [9.17, 15) is 4.39 Å². The average molecular weight is 340 g/mol. The van der Waals surface area contributed by atoms with Gasteiger partial charge >= 0.3 is 0 Å². The van der Waals surface area contributed by atoms with Gasteiger partial charge in [0.25, 0.3) is 0 Å². The van der Waals surface area contributed by atoms with Gasteiger partial charge in [0.05, 0.1) is 29.7 Å². The summed E-state index contributed by atoms with van der Waals surface area (Å²) in [6.07, 6.45) is 8.35. The van der Waals surface area contributed by atoms with Gasteiger partial charge in [-0.15, -0.1) is 0 Å². The van der Waals surface area contributed by atoms with Gasteiger partial charge in [-0.2, -0.15) is 0 Å². The largest absolute Gasteiger partial charge is 0.468 e. The van der Waals surface area contributed by atoms with Crippen LogP contribution >= 0.6 is 0 Å². The van der Waals surface area contributed by atoms with Crippen LogP contribution in [0.15, 0.2) is 47.3 Å². The van der Waals surface area contributed by atoms with E-state index in [1.165, 1.54) is 31.5 Å². The number of likely N-dealkylation sites (tertiary alicyclic amines) is 1. The monoisotopic (exact) mass is 340 g/mol. The Hall–Kier alpha value is -2.47. The molecular weight excluding hydrogens is 319 g/mol. The molecule has 6 heteroatoms. The molecule has 25 heavy (non-hydrogen) atoms. The fourth-order valence-electron chi connectivity index (χ4n) is 3.48. The Morgan fingerprint density at radius 1 is 1.20 bits per heavy atom. The minimum absolute atomic E-state index is 0.166. The Labute approximate surface area is 145 Å². The summed E-state index contributed by atoms with van der Waals surface area (Å²) < 4.78 is 19.1. The third kappa shape index (κ3) is 3.49.